The van der Waals surface area contributed by atoms with Crippen molar-refractivity contribution in [3.8, 4) is 0 Å². The smallest absolute Gasteiger partial charge is 0.229 e. The van der Waals surface area contributed by atoms with Crippen LogP contribution in [0.4, 0.5) is 11.8 Å². The molecule has 0 saturated heterocycles. The fourth-order valence-corrected chi connectivity index (χ4v) is 2.13. The van der Waals surface area contributed by atoms with E-state index in [-0.39, 0.29) is 0 Å². The van der Waals surface area contributed by atoms with Gasteiger partial charge in [-0.25, -0.2) is 0 Å². The zero-order valence-corrected chi connectivity index (χ0v) is 12.1. The highest BCUT2D eigenvalue weighted by Crippen LogP contribution is 2.19. The minimum Gasteiger partial charge on any atom is -0.383 e. The molecule has 3 heterocycles. The molecule has 0 radical (unpaired) electrons. The number of hydrogen-bond donors (Lipinski definition) is 1. The Bertz CT molecular complexity index is 751. The number of aryl methyl sites for hydroxylation is 1. The summed E-state index contributed by atoms with van der Waals surface area (Å²) in [5.41, 5.74) is 7.75. The standard InChI is InChI=1S/C14H17N7/c1-20(8-6-10-5-3-4-7-16-10)14-18-12(15)11-9-17-21(2)13(11)19-14/h3-5,7,9H,6,8H2,1-2H3,(H2,15,18,19). The molecule has 0 aliphatic rings. The summed E-state index contributed by atoms with van der Waals surface area (Å²) in [6, 6.07) is 5.90. The largest absolute Gasteiger partial charge is 0.383 e. The van der Waals surface area contributed by atoms with Gasteiger partial charge in [0.25, 0.3) is 0 Å². The summed E-state index contributed by atoms with van der Waals surface area (Å²) in [7, 11) is 3.78. The SMILES string of the molecule is CN(CCc1ccccn1)c1nc(N)c2cnn(C)c2n1. The third-order valence-corrected chi connectivity index (χ3v) is 3.38. The molecule has 0 unspecified atom stereocenters. The molecule has 0 saturated carbocycles. The van der Waals surface area contributed by atoms with Crippen LogP contribution in [-0.4, -0.2) is 38.3 Å². The first-order valence-electron chi connectivity index (χ1n) is 6.71. The van der Waals surface area contributed by atoms with Crippen LogP contribution in [0, 0.1) is 0 Å². The summed E-state index contributed by atoms with van der Waals surface area (Å²) in [6.45, 7) is 0.764. The lowest BCUT2D eigenvalue weighted by molar-refractivity contribution is 0.778. The first-order valence-corrected chi connectivity index (χ1v) is 6.71. The normalized spacial score (nSPS) is 11.0. The van der Waals surface area contributed by atoms with Crippen molar-refractivity contribution in [3.05, 3.63) is 36.3 Å². The van der Waals surface area contributed by atoms with E-state index in [1.165, 1.54) is 0 Å². The first kappa shape index (κ1) is 13.3. The Hall–Kier alpha value is -2.70. The van der Waals surface area contributed by atoms with Gasteiger partial charge in [0, 0.05) is 39.0 Å². The molecule has 0 aliphatic heterocycles. The molecule has 2 N–H and O–H groups in total. The van der Waals surface area contributed by atoms with E-state index < -0.39 is 0 Å². The molecule has 3 aromatic rings. The van der Waals surface area contributed by atoms with Crippen molar-refractivity contribution in [2.45, 2.75) is 6.42 Å². The van der Waals surface area contributed by atoms with E-state index in [9.17, 15) is 0 Å². The second-order valence-electron chi connectivity index (χ2n) is 4.91. The quantitative estimate of drug-likeness (QED) is 0.769. The van der Waals surface area contributed by atoms with Crippen molar-refractivity contribution >= 4 is 22.8 Å². The Kier molecular flexibility index (Phi) is 3.39. The van der Waals surface area contributed by atoms with Crippen molar-refractivity contribution in [1.29, 1.82) is 0 Å². The molecule has 0 spiro atoms. The minimum atomic E-state index is 0.452. The fraction of sp³-hybridized carbons (Fsp3) is 0.286. The van der Waals surface area contributed by atoms with Crippen LogP contribution in [0.3, 0.4) is 0 Å². The van der Waals surface area contributed by atoms with Gasteiger partial charge in [-0.15, -0.1) is 0 Å². The van der Waals surface area contributed by atoms with Crippen LogP contribution in [0.15, 0.2) is 30.6 Å². The summed E-state index contributed by atoms with van der Waals surface area (Å²) in [4.78, 5) is 15.1. The number of aromatic nitrogens is 5. The molecule has 108 valence electrons. The average molecular weight is 283 g/mol. The zero-order chi connectivity index (χ0) is 14.8. The lowest BCUT2D eigenvalue weighted by atomic mass is 10.2. The molecular formula is C14H17N7. The summed E-state index contributed by atoms with van der Waals surface area (Å²) in [6.07, 6.45) is 4.30. The molecule has 0 atom stereocenters. The molecule has 7 heteroatoms. The van der Waals surface area contributed by atoms with Gasteiger partial charge in [-0.05, 0) is 12.1 Å². The van der Waals surface area contributed by atoms with E-state index >= 15 is 0 Å². The molecule has 3 rings (SSSR count). The zero-order valence-electron chi connectivity index (χ0n) is 12.1. The lowest BCUT2D eigenvalue weighted by Crippen LogP contribution is -2.23. The number of hydrogen-bond acceptors (Lipinski definition) is 6. The van der Waals surface area contributed by atoms with Crippen LogP contribution in [-0.2, 0) is 13.5 Å². The molecule has 3 aromatic heterocycles. The second kappa shape index (κ2) is 5.35. The Morgan fingerprint density at radius 2 is 2.14 bits per heavy atom. The predicted molar refractivity (Wildman–Crippen MR) is 81.9 cm³/mol. The Labute approximate surface area is 122 Å². The average Bonchev–Trinajstić information content (AvgIpc) is 2.88. The van der Waals surface area contributed by atoms with Gasteiger partial charge in [-0.1, -0.05) is 6.07 Å². The highest BCUT2D eigenvalue weighted by molar-refractivity contribution is 5.86. The van der Waals surface area contributed by atoms with Crippen molar-refractivity contribution in [2.24, 2.45) is 7.05 Å². The second-order valence-corrected chi connectivity index (χ2v) is 4.91. The van der Waals surface area contributed by atoms with Gasteiger partial charge in [-0.2, -0.15) is 15.1 Å². The van der Waals surface area contributed by atoms with Gasteiger partial charge in [0.05, 0.1) is 11.6 Å². The summed E-state index contributed by atoms with van der Waals surface area (Å²) >= 11 is 0. The van der Waals surface area contributed by atoms with Crippen LogP contribution in [0.25, 0.3) is 11.0 Å². The van der Waals surface area contributed by atoms with Crippen molar-refractivity contribution < 1.29 is 0 Å². The molecule has 0 amide bonds. The van der Waals surface area contributed by atoms with Gasteiger partial charge in [-0.3, -0.25) is 9.67 Å². The summed E-state index contributed by atoms with van der Waals surface area (Å²) in [5, 5.41) is 4.93. The number of anilines is 2. The van der Waals surface area contributed by atoms with E-state index in [0.717, 1.165) is 29.7 Å². The van der Waals surface area contributed by atoms with E-state index in [1.807, 2.05) is 37.2 Å². The lowest BCUT2D eigenvalue weighted by Gasteiger charge is -2.17. The van der Waals surface area contributed by atoms with Gasteiger partial charge >= 0.3 is 0 Å². The van der Waals surface area contributed by atoms with E-state index in [0.29, 0.717) is 11.8 Å². The number of nitrogen functional groups attached to an aromatic ring is 1. The maximum atomic E-state index is 5.97. The number of likely N-dealkylation sites (N-methyl/N-ethyl adjacent to an activating group) is 1. The van der Waals surface area contributed by atoms with E-state index in [2.05, 4.69) is 20.1 Å². The van der Waals surface area contributed by atoms with Crippen LogP contribution in [0.5, 0.6) is 0 Å². The van der Waals surface area contributed by atoms with E-state index in [4.69, 9.17) is 5.73 Å². The maximum Gasteiger partial charge on any atom is 0.229 e. The summed E-state index contributed by atoms with van der Waals surface area (Å²) in [5.74, 6) is 1.05. The van der Waals surface area contributed by atoms with Crippen molar-refractivity contribution in [2.75, 3.05) is 24.2 Å². The van der Waals surface area contributed by atoms with Gasteiger partial charge < -0.3 is 10.6 Å². The van der Waals surface area contributed by atoms with Crippen molar-refractivity contribution in [3.63, 3.8) is 0 Å². The molecule has 0 fully saturated rings. The Morgan fingerprint density at radius 3 is 2.90 bits per heavy atom. The van der Waals surface area contributed by atoms with Crippen LogP contribution in [0.2, 0.25) is 0 Å². The number of nitrogens with two attached hydrogens (primary N) is 1. The fourth-order valence-electron chi connectivity index (χ4n) is 2.13. The van der Waals surface area contributed by atoms with E-state index in [1.54, 1.807) is 17.1 Å². The molecule has 7 nitrogen and oxygen atoms in total. The first-order chi connectivity index (χ1) is 10.1. The predicted octanol–water partition coefficient (Wildman–Crippen LogP) is 1.02. The van der Waals surface area contributed by atoms with Gasteiger partial charge in [0.15, 0.2) is 5.65 Å². The summed E-state index contributed by atoms with van der Waals surface area (Å²) < 4.78 is 1.70. The Balaban J connectivity index is 1.81. The third kappa shape index (κ3) is 2.62. The molecule has 0 bridgehead atoms. The molecule has 0 aromatic carbocycles. The number of fused-ring (bicyclic) bond motifs is 1. The molecule has 0 aliphatic carbocycles. The number of rotatable bonds is 4. The Morgan fingerprint density at radius 1 is 1.29 bits per heavy atom. The van der Waals surface area contributed by atoms with Crippen LogP contribution >= 0.6 is 0 Å². The van der Waals surface area contributed by atoms with Gasteiger partial charge in [0.1, 0.15) is 5.82 Å². The van der Waals surface area contributed by atoms with Crippen molar-refractivity contribution in [1.82, 2.24) is 24.7 Å². The third-order valence-electron chi connectivity index (χ3n) is 3.38. The number of nitrogens with zero attached hydrogens (tertiary/aromatic N) is 6. The van der Waals surface area contributed by atoms with Gasteiger partial charge in [0.2, 0.25) is 5.95 Å². The molecule has 21 heavy (non-hydrogen) atoms. The van der Waals surface area contributed by atoms with Crippen LogP contribution in [0.1, 0.15) is 5.69 Å². The topological polar surface area (TPSA) is 85.8 Å². The highest BCUT2D eigenvalue weighted by atomic mass is 15.3. The maximum absolute atomic E-state index is 5.97. The number of pyridine rings is 1. The minimum absolute atomic E-state index is 0.452. The monoisotopic (exact) mass is 283 g/mol. The highest BCUT2D eigenvalue weighted by Gasteiger charge is 2.12. The van der Waals surface area contributed by atoms with Crippen LogP contribution < -0.4 is 10.6 Å². The molecular weight excluding hydrogens is 266 g/mol.